The Labute approximate surface area is 127 Å². The minimum atomic E-state index is -0.494. The van der Waals surface area contributed by atoms with Gasteiger partial charge in [-0.2, -0.15) is 0 Å². The van der Waals surface area contributed by atoms with Crippen LogP contribution in [0.15, 0.2) is 30.9 Å². The molecule has 116 valence electrons. The van der Waals surface area contributed by atoms with E-state index in [1.165, 1.54) is 12.8 Å². The van der Waals surface area contributed by atoms with Crippen LogP contribution in [0.3, 0.4) is 0 Å². The van der Waals surface area contributed by atoms with Gasteiger partial charge in [0.1, 0.15) is 12.4 Å². The van der Waals surface area contributed by atoms with Gasteiger partial charge >= 0.3 is 0 Å². The highest BCUT2D eigenvalue weighted by atomic mass is 16.5. The number of carbonyl (C=O) groups is 1. The number of aromatic nitrogens is 4. The lowest BCUT2D eigenvalue weighted by atomic mass is 10.4. The molecule has 2 N–H and O–H groups in total. The standard InChI is InChI=1S/C14H18N6O2/c1-10(22-8-11-2-3-11)14(21)19-17-12-4-5-13(18-16-12)20-7-6-15-9-20/h4-7,9-11H,2-3,8H2,1H3,(H,16,17)(H,19,21)/t10-/m1/s1. The van der Waals surface area contributed by atoms with Crippen molar-refractivity contribution in [2.75, 3.05) is 12.0 Å². The first-order valence-corrected chi connectivity index (χ1v) is 7.22. The molecule has 1 fully saturated rings. The van der Waals surface area contributed by atoms with Gasteiger partial charge in [-0.15, -0.1) is 10.2 Å². The van der Waals surface area contributed by atoms with Crippen molar-refractivity contribution in [3.8, 4) is 5.82 Å². The molecule has 0 bridgehead atoms. The molecular formula is C14H18N6O2. The molecule has 0 aliphatic heterocycles. The summed E-state index contributed by atoms with van der Waals surface area (Å²) < 4.78 is 7.23. The largest absolute Gasteiger partial charge is 0.368 e. The molecule has 3 rings (SSSR count). The summed E-state index contributed by atoms with van der Waals surface area (Å²) in [4.78, 5) is 15.8. The number of hydrogen-bond acceptors (Lipinski definition) is 6. The zero-order valence-electron chi connectivity index (χ0n) is 12.3. The maximum atomic E-state index is 11.8. The Morgan fingerprint density at radius 3 is 2.95 bits per heavy atom. The summed E-state index contributed by atoms with van der Waals surface area (Å²) in [6.45, 7) is 2.38. The van der Waals surface area contributed by atoms with Gasteiger partial charge in [0.15, 0.2) is 11.6 Å². The Hall–Kier alpha value is -2.48. The highest BCUT2D eigenvalue weighted by Crippen LogP contribution is 2.29. The van der Waals surface area contributed by atoms with Crippen LogP contribution in [0.2, 0.25) is 0 Å². The van der Waals surface area contributed by atoms with Crippen LogP contribution in [0.5, 0.6) is 0 Å². The molecule has 8 heteroatoms. The van der Waals surface area contributed by atoms with Crippen LogP contribution >= 0.6 is 0 Å². The van der Waals surface area contributed by atoms with Crippen molar-refractivity contribution in [2.24, 2.45) is 5.92 Å². The van der Waals surface area contributed by atoms with Crippen LogP contribution in [0.25, 0.3) is 5.82 Å². The first-order chi connectivity index (χ1) is 10.7. The quantitative estimate of drug-likeness (QED) is 0.739. The zero-order chi connectivity index (χ0) is 15.4. The summed E-state index contributed by atoms with van der Waals surface area (Å²) in [7, 11) is 0. The Balaban J connectivity index is 1.47. The smallest absolute Gasteiger partial charge is 0.267 e. The van der Waals surface area contributed by atoms with Crippen molar-refractivity contribution in [3.63, 3.8) is 0 Å². The third-order valence-electron chi connectivity index (χ3n) is 3.38. The molecule has 8 nitrogen and oxygen atoms in total. The highest BCUT2D eigenvalue weighted by molar-refractivity contribution is 5.81. The van der Waals surface area contributed by atoms with E-state index < -0.39 is 6.10 Å². The van der Waals surface area contributed by atoms with E-state index in [9.17, 15) is 4.79 Å². The monoisotopic (exact) mass is 302 g/mol. The Kier molecular flexibility index (Phi) is 4.29. The Morgan fingerprint density at radius 2 is 2.32 bits per heavy atom. The van der Waals surface area contributed by atoms with Gasteiger partial charge in [0.2, 0.25) is 0 Å². The van der Waals surface area contributed by atoms with E-state index >= 15 is 0 Å². The second-order valence-electron chi connectivity index (χ2n) is 5.28. The molecule has 0 spiro atoms. The van der Waals surface area contributed by atoms with Crippen LogP contribution < -0.4 is 10.9 Å². The molecule has 2 heterocycles. The van der Waals surface area contributed by atoms with Crippen LogP contribution in [0.1, 0.15) is 19.8 Å². The molecule has 0 saturated heterocycles. The number of imidazole rings is 1. The normalized spacial score (nSPS) is 15.3. The number of amides is 1. The molecule has 1 aliphatic carbocycles. The molecule has 1 atom stereocenters. The van der Waals surface area contributed by atoms with E-state index in [-0.39, 0.29) is 5.91 Å². The lowest BCUT2D eigenvalue weighted by Gasteiger charge is -2.13. The van der Waals surface area contributed by atoms with Gasteiger partial charge < -0.3 is 4.74 Å². The number of ether oxygens (including phenoxy) is 1. The first kappa shape index (κ1) is 14.5. The van der Waals surface area contributed by atoms with Crippen LogP contribution in [-0.2, 0) is 9.53 Å². The number of carbonyl (C=O) groups excluding carboxylic acids is 1. The van der Waals surface area contributed by atoms with Crippen molar-refractivity contribution in [3.05, 3.63) is 30.9 Å². The van der Waals surface area contributed by atoms with Gasteiger partial charge in [-0.3, -0.25) is 20.2 Å². The van der Waals surface area contributed by atoms with Crippen LogP contribution in [0.4, 0.5) is 5.82 Å². The maximum absolute atomic E-state index is 11.8. The molecule has 1 saturated carbocycles. The third kappa shape index (κ3) is 3.79. The molecule has 22 heavy (non-hydrogen) atoms. The predicted octanol–water partition coefficient (Wildman–Crippen LogP) is 0.920. The number of nitrogens with zero attached hydrogens (tertiary/aromatic N) is 4. The fourth-order valence-electron chi connectivity index (χ4n) is 1.79. The van der Waals surface area contributed by atoms with E-state index in [1.54, 1.807) is 42.3 Å². The minimum Gasteiger partial charge on any atom is -0.368 e. The Morgan fingerprint density at radius 1 is 1.45 bits per heavy atom. The number of nitrogens with one attached hydrogen (secondary N) is 2. The number of hydrazine groups is 1. The Bertz CT molecular complexity index is 609. The van der Waals surface area contributed by atoms with E-state index in [2.05, 4.69) is 26.0 Å². The summed E-state index contributed by atoms with van der Waals surface area (Å²) in [6.07, 6.45) is 6.98. The van der Waals surface area contributed by atoms with E-state index in [1.807, 2.05) is 0 Å². The lowest BCUT2D eigenvalue weighted by Crippen LogP contribution is -2.38. The molecule has 2 aromatic rings. The van der Waals surface area contributed by atoms with Gasteiger partial charge in [0.05, 0.1) is 6.61 Å². The van der Waals surface area contributed by atoms with Crippen molar-refractivity contribution in [1.82, 2.24) is 25.2 Å². The van der Waals surface area contributed by atoms with Crippen molar-refractivity contribution in [2.45, 2.75) is 25.9 Å². The van der Waals surface area contributed by atoms with Gasteiger partial charge in [0.25, 0.3) is 5.91 Å². The van der Waals surface area contributed by atoms with Crippen LogP contribution in [-0.4, -0.2) is 38.4 Å². The van der Waals surface area contributed by atoms with E-state index in [0.717, 1.165) is 0 Å². The first-order valence-electron chi connectivity index (χ1n) is 7.22. The second kappa shape index (κ2) is 6.52. The van der Waals surface area contributed by atoms with Gasteiger partial charge in [-0.05, 0) is 37.8 Å². The molecule has 0 radical (unpaired) electrons. The van der Waals surface area contributed by atoms with Gasteiger partial charge in [0, 0.05) is 12.4 Å². The highest BCUT2D eigenvalue weighted by Gasteiger charge is 2.24. The minimum absolute atomic E-state index is 0.235. The second-order valence-corrected chi connectivity index (χ2v) is 5.28. The zero-order valence-corrected chi connectivity index (χ0v) is 12.3. The van der Waals surface area contributed by atoms with Gasteiger partial charge in [-0.25, -0.2) is 4.98 Å². The molecular weight excluding hydrogens is 284 g/mol. The van der Waals surface area contributed by atoms with Gasteiger partial charge in [-0.1, -0.05) is 0 Å². The average Bonchev–Trinajstić information content (AvgIpc) is 3.22. The summed E-state index contributed by atoms with van der Waals surface area (Å²) >= 11 is 0. The average molecular weight is 302 g/mol. The van der Waals surface area contributed by atoms with E-state index in [0.29, 0.717) is 24.2 Å². The topological polar surface area (TPSA) is 94.0 Å². The molecule has 2 aromatic heterocycles. The fraction of sp³-hybridized carbons (Fsp3) is 0.429. The summed E-state index contributed by atoms with van der Waals surface area (Å²) in [5.41, 5.74) is 5.28. The van der Waals surface area contributed by atoms with Crippen molar-refractivity contribution < 1.29 is 9.53 Å². The number of anilines is 1. The summed E-state index contributed by atoms with van der Waals surface area (Å²) in [5.74, 6) is 1.49. The molecule has 0 unspecified atom stereocenters. The summed E-state index contributed by atoms with van der Waals surface area (Å²) in [5, 5.41) is 8.02. The summed E-state index contributed by atoms with van der Waals surface area (Å²) in [6, 6.07) is 3.49. The number of hydrogen-bond donors (Lipinski definition) is 2. The van der Waals surface area contributed by atoms with Crippen LogP contribution in [0, 0.1) is 5.92 Å². The third-order valence-corrected chi connectivity index (χ3v) is 3.38. The molecule has 0 aromatic carbocycles. The predicted molar refractivity (Wildman–Crippen MR) is 79.1 cm³/mol. The lowest BCUT2D eigenvalue weighted by molar-refractivity contribution is -0.131. The number of rotatable bonds is 7. The van der Waals surface area contributed by atoms with Crippen molar-refractivity contribution >= 4 is 11.7 Å². The van der Waals surface area contributed by atoms with E-state index in [4.69, 9.17) is 4.74 Å². The molecule has 1 amide bonds. The molecule has 1 aliphatic rings. The maximum Gasteiger partial charge on any atom is 0.267 e. The van der Waals surface area contributed by atoms with Crippen molar-refractivity contribution in [1.29, 1.82) is 0 Å². The fourth-order valence-corrected chi connectivity index (χ4v) is 1.79. The SMILES string of the molecule is C[C@@H](OCC1CC1)C(=O)NNc1ccc(-n2ccnc2)nn1.